The van der Waals surface area contributed by atoms with Gasteiger partial charge in [0.2, 0.25) is 0 Å². The van der Waals surface area contributed by atoms with Crippen molar-refractivity contribution < 1.29 is 9.53 Å². The Labute approximate surface area is 169 Å². The van der Waals surface area contributed by atoms with Gasteiger partial charge in [0, 0.05) is 24.2 Å². The molecule has 1 unspecified atom stereocenters. The molecule has 1 N–H and O–H groups in total. The molecule has 0 radical (unpaired) electrons. The number of rotatable bonds is 5. The SMILES string of the molecule is Cc1ccc(OC(C)C(=O)Nc2ccc(C3=CSC4=NCCCN34)cc2)cc1. The maximum atomic E-state index is 12.4. The smallest absolute Gasteiger partial charge is 0.265 e. The summed E-state index contributed by atoms with van der Waals surface area (Å²) in [6, 6.07) is 15.6. The minimum Gasteiger partial charge on any atom is -0.481 e. The van der Waals surface area contributed by atoms with Crippen molar-refractivity contribution in [3.05, 3.63) is 65.1 Å². The highest BCUT2D eigenvalue weighted by atomic mass is 32.2. The van der Waals surface area contributed by atoms with Gasteiger partial charge in [-0.15, -0.1) is 0 Å². The van der Waals surface area contributed by atoms with Crippen molar-refractivity contribution in [1.82, 2.24) is 4.90 Å². The number of hydrogen-bond acceptors (Lipinski definition) is 5. The second-order valence-corrected chi connectivity index (χ2v) is 7.77. The predicted octanol–water partition coefficient (Wildman–Crippen LogP) is 4.51. The highest BCUT2D eigenvalue weighted by Crippen LogP contribution is 2.35. The Morgan fingerprint density at radius 2 is 1.93 bits per heavy atom. The summed E-state index contributed by atoms with van der Waals surface area (Å²) >= 11 is 1.68. The number of nitrogens with zero attached hydrogens (tertiary/aromatic N) is 2. The minimum atomic E-state index is -0.580. The van der Waals surface area contributed by atoms with E-state index in [9.17, 15) is 4.79 Å². The lowest BCUT2D eigenvalue weighted by Gasteiger charge is -2.25. The summed E-state index contributed by atoms with van der Waals surface area (Å²) in [5.41, 5.74) is 4.22. The van der Waals surface area contributed by atoms with Crippen LogP contribution in [0.4, 0.5) is 5.69 Å². The zero-order valence-electron chi connectivity index (χ0n) is 16.0. The first-order valence-electron chi connectivity index (χ1n) is 9.43. The maximum absolute atomic E-state index is 12.4. The molecule has 1 atom stereocenters. The monoisotopic (exact) mass is 393 g/mol. The molecule has 0 bridgehead atoms. The van der Waals surface area contributed by atoms with Gasteiger partial charge < -0.3 is 15.0 Å². The lowest BCUT2D eigenvalue weighted by molar-refractivity contribution is -0.122. The third kappa shape index (κ3) is 4.07. The number of hydrogen-bond donors (Lipinski definition) is 1. The van der Waals surface area contributed by atoms with Gasteiger partial charge >= 0.3 is 0 Å². The fourth-order valence-electron chi connectivity index (χ4n) is 3.15. The van der Waals surface area contributed by atoms with Gasteiger partial charge in [-0.25, -0.2) is 0 Å². The number of carbonyl (C=O) groups excluding carboxylic acids is 1. The van der Waals surface area contributed by atoms with Crippen molar-refractivity contribution in [2.75, 3.05) is 18.4 Å². The largest absolute Gasteiger partial charge is 0.481 e. The Kier molecular flexibility index (Phi) is 5.39. The van der Waals surface area contributed by atoms with Crippen LogP contribution in [-0.2, 0) is 4.79 Å². The summed E-state index contributed by atoms with van der Waals surface area (Å²) in [6.07, 6.45) is 0.498. The van der Waals surface area contributed by atoms with E-state index in [1.54, 1.807) is 18.7 Å². The number of aryl methyl sites for hydroxylation is 1. The summed E-state index contributed by atoms with van der Waals surface area (Å²) in [7, 11) is 0. The number of benzene rings is 2. The molecule has 28 heavy (non-hydrogen) atoms. The molecule has 5 nitrogen and oxygen atoms in total. The van der Waals surface area contributed by atoms with E-state index in [1.807, 2.05) is 55.5 Å². The molecule has 0 aliphatic carbocycles. The van der Waals surface area contributed by atoms with Gasteiger partial charge in [-0.05, 0) is 50.1 Å². The third-order valence-electron chi connectivity index (χ3n) is 4.74. The van der Waals surface area contributed by atoms with Crippen LogP contribution in [0.2, 0.25) is 0 Å². The Balaban J connectivity index is 1.37. The molecule has 0 saturated heterocycles. The van der Waals surface area contributed by atoms with E-state index >= 15 is 0 Å². The van der Waals surface area contributed by atoms with E-state index in [-0.39, 0.29) is 5.91 Å². The summed E-state index contributed by atoms with van der Waals surface area (Å²) in [5, 5.41) is 6.15. The van der Waals surface area contributed by atoms with Crippen LogP contribution in [0.3, 0.4) is 0 Å². The minimum absolute atomic E-state index is 0.172. The van der Waals surface area contributed by atoms with Crippen molar-refractivity contribution in [2.45, 2.75) is 26.4 Å². The van der Waals surface area contributed by atoms with Gasteiger partial charge in [0.25, 0.3) is 5.91 Å². The summed E-state index contributed by atoms with van der Waals surface area (Å²) in [5.74, 6) is 0.516. The van der Waals surface area contributed by atoms with Crippen molar-refractivity contribution in [2.24, 2.45) is 4.99 Å². The number of thioether (sulfide) groups is 1. The van der Waals surface area contributed by atoms with Crippen LogP contribution in [0, 0.1) is 6.92 Å². The normalized spacial score (nSPS) is 16.7. The maximum Gasteiger partial charge on any atom is 0.265 e. The number of amides is 1. The summed E-state index contributed by atoms with van der Waals surface area (Å²) < 4.78 is 5.72. The second-order valence-electron chi connectivity index (χ2n) is 6.93. The molecule has 2 aliphatic heterocycles. The lowest BCUT2D eigenvalue weighted by Crippen LogP contribution is -2.30. The first-order valence-corrected chi connectivity index (χ1v) is 10.3. The molecule has 6 heteroatoms. The third-order valence-corrected chi connectivity index (χ3v) is 5.64. The van der Waals surface area contributed by atoms with Gasteiger partial charge in [0.15, 0.2) is 11.3 Å². The average Bonchev–Trinajstić information content (AvgIpc) is 3.14. The Bertz CT molecular complexity index is 920. The standard InChI is InChI=1S/C22H23N3O2S/c1-15-4-10-19(11-5-15)27-16(2)21(26)24-18-8-6-17(7-9-18)20-14-28-22-23-12-3-13-25(20)22/h4-11,14,16H,3,12-13H2,1-2H3,(H,24,26). The fourth-order valence-corrected chi connectivity index (χ4v) is 4.11. The molecule has 2 aromatic carbocycles. The highest BCUT2D eigenvalue weighted by Gasteiger charge is 2.25. The van der Waals surface area contributed by atoms with Gasteiger partial charge in [0.1, 0.15) is 5.75 Å². The molecule has 2 heterocycles. The molecule has 2 aromatic rings. The van der Waals surface area contributed by atoms with E-state index in [0.717, 1.165) is 41.5 Å². The average molecular weight is 394 g/mol. The summed E-state index contributed by atoms with van der Waals surface area (Å²) in [6.45, 7) is 5.68. The zero-order valence-corrected chi connectivity index (χ0v) is 16.8. The van der Waals surface area contributed by atoms with Crippen LogP contribution in [0.5, 0.6) is 5.75 Å². The van der Waals surface area contributed by atoms with Gasteiger partial charge in [-0.1, -0.05) is 41.6 Å². The van der Waals surface area contributed by atoms with Gasteiger partial charge in [-0.2, -0.15) is 0 Å². The fraction of sp³-hybridized carbons (Fsp3) is 0.273. The van der Waals surface area contributed by atoms with Crippen molar-refractivity contribution >= 4 is 34.2 Å². The number of anilines is 1. The Morgan fingerprint density at radius 1 is 1.18 bits per heavy atom. The number of fused-ring (bicyclic) bond motifs is 1. The van der Waals surface area contributed by atoms with E-state index in [2.05, 4.69) is 20.6 Å². The molecular formula is C22H23N3O2S. The van der Waals surface area contributed by atoms with E-state index in [1.165, 1.54) is 5.70 Å². The molecule has 4 rings (SSSR count). The number of aliphatic imine (C=N–C) groups is 1. The van der Waals surface area contributed by atoms with Gasteiger partial charge in [-0.3, -0.25) is 9.79 Å². The second kappa shape index (κ2) is 8.10. The highest BCUT2D eigenvalue weighted by molar-refractivity contribution is 8.16. The predicted molar refractivity (Wildman–Crippen MR) is 116 cm³/mol. The molecule has 0 saturated carbocycles. The Hall–Kier alpha value is -2.73. The molecule has 2 aliphatic rings. The van der Waals surface area contributed by atoms with Crippen LogP contribution in [0.1, 0.15) is 24.5 Å². The molecule has 0 aromatic heterocycles. The number of nitrogens with one attached hydrogen (secondary N) is 1. The molecular weight excluding hydrogens is 370 g/mol. The van der Waals surface area contributed by atoms with Crippen LogP contribution in [0.15, 0.2) is 58.9 Å². The zero-order chi connectivity index (χ0) is 19.5. The topological polar surface area (TPSA) is 53.9 Å². The molecule has 0 spiro atoms. The van der Waals surface area contributed by atoms with Crippen molar-refractivity contribution in [3.8, 4) is 5.75 Å². The van der Waals surface area contributed by atoms with E-state index in [4.69, 9.17) is 4.74 Å². The van der Waals surface area contributed by atoms with Crippen molar-refractivity contribution in [3.63, 3.8) is 0 Å². The molecule has 1 amide bonds. The number of ether oxygens (including phenoxy) is 1. The molecule has 144 valence electrons. The first kappa shape index (κ1) is 18.6. The number of amidine groups is 1. The van der Waals surface area contributed by atoms with Crippen molar-refractivity contribution in [1.29, 1.82) is 0 Å². The quantitative estimate of drug-likeness (QED) is 0.812. The Morgan fingerprint density at radius 3 is 2.68 bits per heavy atom. The van der Waals surface area contributed by atoms with E-state index in [0.29, 0.717) is 5.75 Å². The van der Waals surface area contributed by atoms with Crippen LogP contribution in [-0.4, -0.2) is 35.2 Å². The number of carbonyl (C=O) groups is 1. The summed E-state index contributed by atoms with van der Waals surface area (Å²) in [4.78, 5) is 19.3. The van der Waals surface area contributed by atoms with Crippen LogP contribution in [0.25, 0.3) is 5.70 Å². The first-order chi connectivity index (χ1) is 13.6. The van der Waals surface area contributed by atoms with E-state index < -0.39 is 6.10 Å². The van der Waals surface area contributed by atoms with Crippen LogP contribution >= 0.6 is 11.8 Å². The van der Waals surface area contributed by atoms with Gasteiger partial charge in [0.05, 0.1) is 5.70 Å². The van der Waals surface area contributed by atoms with Crippen LogP contribution < -0.4 is 10.1 Å². The lowest BCUT2D eigenvalue weighted by atomic mass is 10.1. The molecule has 0 fully saturated rings.